The lowest BCUT2D eigenvalue weighted by Gasteiger charge is -2.32. The number of hydrogen-bond donors (Lipinski definition) is 1. The van der Waals surface area contributed by atoms with Crippen LogP contribution in [0.1, 0.15) is 42.6 Å². The Hall–Kier alpha value is -3.96. The summed E-state index contributed by atoms with van der Waals surface area (Å²) in [4.78, 5) is 16.6. The fraction of sp³-hybridized carbons (Fsp3) is 0.333. The molecule has 6 rings (SSSR count). The second-order valence-corrected chi connectivity index (χ2v) is 9.49. The quantitative estimate of drug-likeness (QED) is 0.460. The smallest absolute Gasteiger partial charge is 0.164 e. The summed E-state index contributed by atoms with van der Waals surface area (Å²) in [6, 6.07) is 14.2. The number of para-hydroxylation sites is 1. The summed E-state index contributed by atoms with van der Waals surface area (Å²) in [6.45, 7) is 0.838. The number of aromatic nitrogens is 4. The maximum Gasteiger partial charge on any atom is 0.164 e. The molecular weight excluding hydrogens is 438 g/mol. The van der Waals surface area contributed by atoms with Crippen molar-refractivity contribution in [1.82, 2.24) is 24.4 Å². The van der Waals surface area contributed by atoms with Crippen molar-refractivity contribution < 1.29 is 4.74 Å². The summed E-state index contributed by atoms with van der Waals surface area (Å²) in [5, 5.41) is 13.3. The molecule has 0 bridgehead atoms. The monoisotopic (exact) mass is 465 g/mol. The molecule has 1 aliphatic carbocycles. The Bertz CT molecular complexity index is 1490. The van der Waals surface area contributed by atoms with Crippen LogP contribution in [0.25, 0.3) is 22.3 Å². The van der Waals surface area contributed by atoms with Crippen LogP contribution in [-0.4, -0.2) is 38.6 Å². The molecule has 1 saturated carbocycles. The first kappa shape index (κ1) is 21.6. The summed E-state index contributed by atoms with van der Waals surface area (Å²) < 4.78 is 7.67. The average Bonchev–Trinajstić information content (AvgIpc) is 3.58. The Balaban J connectivity index is 1.39. The van der Waals surface area contributed by atoms with Gasteiger partial charge in [0.05, 0.1) is 35.9 Å². The van der Waals surface area contributed by atoms with Gasteiger partial charge >= 0.3 is 0 Å². The van der Waals surface area contributed by atoms with E-state index in [0.717, 1.165) is 28.8 Å². The standard InChI is InChI=1S/C27H27N7O/c1-33-16-29-25-17(7-6-8-22(25)33)26-23(35-3)13-19(20(14-28)32-26)30-24-10-9-18-21(31-24)15-34(2)27(18)11-4-5-12-27/h6-10,13,16H,4-5,11-12,15H2,1-3H3,(H,30,31). The van der Waals surface area contributed by atoms with E-state index < -0.39 is 0 Å². The predicted molar refractivity (Wildman–Crippen MR) is 134 cm³/mol. The topological polar surface area (TPSA) is 91.9 Å². The SMILES string of the molecule is COc1cc(Nc2ccc3c(n2)CN(C)C32CCCC2)c(C#N)nc1-c1cccc2c1ncn2C. The van der Waals surface area contributed by atoms with Crippen molar-refractivity contribution in [2.45, 2.75) is 37.8 Å². The van der Waals surface area contributed by atoms with E-state index in [9.17, 15) is 5.26 Å². The number of rotatable bonds is 4. The van der Waals surface area contributed by atoms with Crippen molar-refractivity contribution in [3.63, 3.8) is 0 Å². The third-order valence-electron chi connectivity index (χ3n) is 7.61. The molecule has 0 unspecified atom stereocenters. The number of benzene rings is 1. The predicted octanol–water partition coefficient (Wildman–Crippen LogP) is 4.87. The van der Waals surface area contributed by atoms with Crippen LogP contribution in [0.15, 0.2) is 42.7 Å². The Morgan fingerprint density at radius 3 is 2.71 bits per heavy atom. The number of nitriles is 1. The van der Waals surface area contributed by atoms with Gasteiger partial charge in [-0.15, -0.1) is 0 Å². The molecule has 1 spiro atoms. The lowest BCUT2D eigenvalue weighted by Crippen LogP contribution is -2.35. The van der Waals surface area contributed by atoms with Crippen molar-refractivity contribution in [3.05, 3.63) is 59.7 Å². The number of hydrogen-bond acceptors (Lipinski definition) is 7. The van der Waals surface area contributed by atoms with Crippen molar-refractivity contribution in [1.29, 1.82) is 5.26 Å². The zero-order valence-corrected chi connectivity index (χ0v) is 20.2. The highest BCUT2D eigenvalue weighted by molar-refractivity contribution is 5.93. The lowest BCUT2D eigenvalue weighted by atomic mass is 9.89. The Morgan fingerprint density at radius 1 is 1.11 bits per heavy atom. The molecule has 8 nitrogen and oxygen atoms in total. The minimum atomic E-state index is 0.137. The maximum absolute atomic E-state index is 9.94. The molecule has 0 saturated heterocycles. The van der Waals surface area contributed by atoms with Crippen molar-refractivity contribution in [2.24, 2.45) is 7.05 Å². The fourth-order valence-corrected chi connectivity index (χ4v) is 5.82. The Kier molecular flexibility index (Phi) is 4.97. The largest absolute Gasteiger partial charge is 0.494 e. The third kappa shape index (κ3) is 3.27. The van der Waals surface area contributed by atoms with Crippen LogP contribution in [0.2, 0.25) is 0 Å². The number of methoxy groups -OCH3 is 1. The van der Waals surface area contributed by atoms with Crippen molar-refractivity contribution in [3.8, 4) is 23.1 Å². The maximum atomic E-state index is 9.94. The van der Waals surface area contributed by atoms with Gasteiger partial charge in [-0.1, -0.05) is 31.0 Å². The second-order valence-electron chi connectivity index (χ2n) is 9.49. The van der Waals surface area contributed by atoms with E-state index in [0.29, 0.717) is 22.9 Å². The van der Waals surface area contributed by atoms with Gasteiger partial charge in [-0.2, -0.15) is 5.26 Å². The first-order valence-corrected chi connectivity index (χ1v) is 11.9. The van der Waals surface area contributed by atoms with Crippen LogP contribution in [0.4, 0.5) is 11.5 Å². The van der Waals surface area contributed by atoms with Crippen LogP contribution in [0.5, 0.6) is 5.75 Å². The number of ether oxygens (including phenoxy) is 1. The van der Waals surface area contributed by atoms with Gasteiger partial charge in [0.25, 0.3) is 0 Å². The first-order valence-electron chi connectivity index (χ1n) is 11.9. The van der Waals surface area contributed by atoms with E-state index in [4.69, 9.17) is 14.7 Å². The summed E-state index contributed by atoms with van der Waals surface area (Å²) in [5.74, 6) is 1.27. The van der Waals surface area contributed by atoms with Crippen LogP contribution in [0.3, 0.4) is 0 Å². The van der Waals surface area contributed by atoms with Gasteiger partial charge in [0.1, 0.15) is 23.3 Å². The zero-order chi connectivity index (χ0) is 24.2. The highest BCUT2D eigenvalue weighted by atomic mass is 16.5. The molecule has 2 aliphatic rings. The van der Waals surface area contributed by atoms with E-state index in [1.807, 2.05) is 41.9 Å². The van der Waals surface area contributed by atoms with Gasteiger partial charge in [0.2, 0.25) is 0 Å². The van der Waals surface area contributed by atoms with Gasteiger partial charge < -0.3 is 14.6 Å². The van der Waals surface area contributed by atoms with Crippen LogP contribution < -0.4 is 10.1 Å². The minimum absolute atomic E-state index is 0.137. The molecule has 1 fully saturated rings. The van der Waals surface area contributed by atoms with Gasteiger partial charge in [0.15, 0.2) is 5.69 Å². The van der Waals surface area contributed by atoms with Gasteiger partial charge in [0, 0.05) is 30.8 Å². The average molecular weight is 466 g/mol. The minimum Gasteiger partial charge on any atom is -0.494 e. The number of aryl methyl sites for hydroxylation is 1. The summed E-state index contributed by atoms with van der Waals surface area (Å²) >= 11 is 0. The molecule has 1 aromatic carbocycles. The second kappa shape index (κ2) is 8.07. The van der Waals surface area contributed by atoms with Crippen molar-refractivity contribution in [2.75, 3.05) is 19.5 Å². The van der Waals surface area contributed by atoms with E-state index in [1.54, 1.807) is 13.4 Å². The summed E-state index contributed by atoms with van der Waals surface area (Å²) in [6.07, 6.45) is 6.68. The molecule has 35 heavy (non-hydrogen) atoms. The summed E-state index contributed by atoms with van der Waals surface area (Å²) in [5.41, 5.74) is 6.65. The van der Waals surface area contributed by atoms with E-state index in [-0.39, 0.29) is 11.2 Å². The molecule has 4 heterocycles. The van der Waals surface area contributed by atoms with E-state index in [1.165, 1.54) is 31.2 Å². The van der Waals surface area contributed by atoms with Crippen LogP contribution in [-0.2, 0) is 19.1 Å². The Morgan fingerprint density at radius 2 is 1.94 bits per heavy atom. The Labute approximate surface area is 204 Å². The highest BCUT2D eigenvalue weighted by Crippen LogP contribution is 2.49. The molecule has 1 N–H and O–H groups in total. The number of nitrogens with zero attached hydrogens (tertiary/aromatic N) is 6. The molecule has 3 aromatic heterocycles. The number of nitrogens with one attached hydrogen (secondary N) is 1. The molecule has 1 aliphatic heterocycles. The molecule has 0 radical (unpaired) electrons. The molecule has 0 amide bonds. The van der Waals surface area contributed by atoms with E-state index >= 15 is 0 Å². The van der Waals surface area contributed by atoms with Gasteiger partial charge in [-0.05, 0) is 37.6 Å². The summed E-state index contributed by atoms with van der Waals surface area (Å²) in [7, 11) is 5.76. The van der Waals surface area contributed by atoms with Crippen LogP contribution in [0, 0.1) is 11.3 Å². The first-order chi connectivity index (χ1) is 17.0. The number of pyridine rings is 2. The van der Waals surface area contributed by atoms with Gasteiger partial charge in [-0.25, -0.2) is 15.0 Å². The number of fused-ring (bicyclic) bond motifs is 3. The lowest BCUT2D eigenvalue weighted by molar-refractivity contribution is 0.143. The molecule has 0 atom stereocenters. The van der Waals surface area contributed by atoms with Crippen LogP contribution >= 0.6 is 0 Å². The van der Waals surface area contributed by atoms with Gasteiger partial charge in [-0.3, -0.25) is 4.90 Å². The zero-order valence-electron chi connectivity index (χ0n) is 20.2. The number of imidazole rings is 1. The molecular formula is C27H27N7O. The molecule has 4 aromatic rings. The third-order valence-corrected chi connectivity index (χ3v) is 7.61. The van der Waals surface area contributed by atoms with Crippen molar-refractivity contribution >= 4 is 22.5 Å². The fourth-order valence-electron chi connectivity index (χ4n) is 5.82. The normalized spacial score (nSPS) is 16.5. The van der Waals surface area contributed by atoms with E-state index in [2.05, 4.69) is 34.4 Å². The highest BCUT2D eigenvalue weighted by Gasteiger charge is 2.45. The number of anilines is 2. The molecule has 8 heteroatoms. The molecule has 176 valence electrons.